The van der Waals surface area contributed by atoms with Crippen molar-refractivity contribution in [1.82, 2.24) is 4.57 Å². The number of hydrogen-bond donors (Lipinski definition) is 0. The second kappa shape index (κ2) is 6.77. The third kappa shape index (κ3) is 2.74. The summed E-state index contributed by atoms with van der Waals surface area (Å²) in [6.07, 6.45) is 1.63. The largest absolute Gasteiger partial charge is 0.497 e. The van der Waals surface area contributed by atoms with Crippen LogP contribution in [0.25, 0.3) is 16.5 Å². The molecule has 0 unspecified atom stereocenters. The summed E-state index contributed by atoms with van der Waals surface area (Å²) in [5.74, 6) is 1.22. The predicted molar refractivity (Wildman–Crippen MR) is 95.2 cm³/mol. The number of pyridine rings is 1. The van der Waals surface area contributed by atoms with Crippen LogP contribution in [0.1, 0.15) is 5.56 Å². The Kier molecular flexibility index (Phi) is 4.54. The van der Waals surface area contributed by atoms with Crippen LogP contribution in [-0.4, -0.2) is 17.2 Å². The Balaban J connectivity index is 2.34. The molecule has 0 radical (unpaired) electrons. The van der Waals surface area contributed by atoms with Crippen LogP contribution in [0.3, 0.4) is 0 Å². The molecular formula is C18H13BrN2O3. The fourth-order valence-corrected chi connectivity index (χ4v) is 2.80. The van der Waals surface area contributed by atoms with Crippen molar-refractivity contribution in [1.29, 1.82) is 5.26 Å². The van der Waals surface area contributed by atoms with Crippen molar-refractivity contribution < 1.29 is 9.47 Å². The molecule has 0 spiro atoms. The van der Waals surface area contributed by atoms with Gasteiger partial charge in [-0.25, -0.2) is 0 Å². The van der Waals surface area contributed by atoms with Crippen molar-refractivity contribution in [2.45, 2.75) is 0 Å². The van der Waals surface area contributed by atoms with Gasteiger partial charge in [0.25, 0.3) is 5.56 Å². The van der Waals surface area contributed by atoms with Gasteiger partial charge in [0, 0.05) is 11.1 Å². The summed E-state index contributed by atoms with van der Waals surface area (Å²) in [7, 11) is 1.58. The van der Waals surface area contributed by atoms with E-state index in [-0.39, 0.29) is 11.1 Å². The molecule has 0 N–H and O–H groups in total. The number of methoxy groups -OCH3 is 1. The molecule has 3 aromatic rings. The van der Waals surface area contributed by atoms with Crippen molar-refractivity contribution in [3.8, 4) is 23.3 Å². The maximum atomic E-state index is 12.9. The number of aromatic nitrogens is 1. The van der Waals surface area contributed by atoms with Gasteiger partial charge in [-0.1, -0.05) is 12.1 Å². The molecule has 1 heterocycles. The number of halogens is 1. The van der Waals surface area contributed by atoms with Crippen LogP contribution in [0.5, 0.6) is 11.5 Å². The van der Waals surface area contributed by atoms with E-state index in [4.69, 9.17) is 9.47 Å². The van der Waals surface area contributed by atoms with Crippen LogP contribution in [-0.2, 0) is 0 Å². The van der Waals surface area contributed by atoms with Crippen LogP contribution >= 0.6 is 15.9 Å². The summed E-state index contributed by atoms with van der Waals surface area (Å²) in [5.41, 5.74) is 0.989. The van der Waals surface area contributed by atoms with E-state index in [1.807, 2.05) is 0 Å². The van der Waals surface area contributed by atoms with E-state index < -0.39 is 0 Å². The van der Waals surface area contributed by atoms with E-state index in [2.05, 4.69) is 22.0 Å². The lowest BCUT2D eigenvalue weighted by atomic mass is 10.1. The van der Waals surface area contributed by atoms with E-state index in [1.165, 1.54) is 4.57 Å². The lowest BCUT2D eigenvalue weighted by Gasteiger charge is -2.13. The molecule has 0 aliphatic rings. The Morgan fingerprint density at radius 3 is 2.58 bits per heavy atom. The maximum Gasteiger partial charge on any atom is 0.264 e. The number of ether oxygens (including phenoxy) is 2. The quantitative estimate of drug-likeness (QED) is 0.644. The van der Waals surface area contributed by atoms with Gasteiger partial charge in [0.05, 0.1) is 30.3 Å². The molecule has 0 bridgehead atoms. The molecule has 0 atom stereocenters. The van der Waals surface area contributed by atoms with Crippen molar-refractivity contribution in [3.63, 3.8) is 0 Å². The van der Waals surface area contributed by atoms with Gasteiger partial charge in [-0.05, 0) is 46.3 Å². The first-order valence-electron chi connectivity index (χ1n) is 7.11. The summed E-state index contributed by atoms with van der Waals surface area (Å²) in [4.78, 5) is 12.9. The number of nitriles is 1. The summed E-state index contributed by atoms with van der Waals surface area (Å²) < 4.78 is 12.2. The van der Waals surface area contributed by atoms with Crippen molar-refractivity contribution in [2.75, 3.05) is 12.6 Å². The smallest absolute Gasteiger partial charge is 0.264 e. The van der Waals surface area contributed by atoms with E-state index >= 15 is 0 Å². The number of nitrogens with zero attached hydrogens (tertiary/aromatic N) is 2. The van der Waals surface area contributed by atoms with Gasteiger partial charge in [-0.2, -0.15) is 5.26 Å². The zero-order valence-electron chi connectivity index (χ0n) is 12.8. The Hall–Kier alpha value is -2.78. The van der Waals surface area contributed by atoms with Crippen LogP contribution in [0, 0.1) is 11.3 Å². The number of hydrogen-bond acceptors (Lipinski definition) is 4. The Morgan fingerprint density at radius 1 is 1.21 bits per heavy atom. The second-order valence-corrected chi connectivity index (χ2v) is 5.42. The zero-order valence-corrected chi connectivity index (χ0v) is 14.4. The molecule has 0 aliphatic carbocycles. The molecule has 0 aliphatic heterocycles. The topological polar surface area (TPSA) is 64.2 Å². The summed E-state index contributed by atoms with van der Waals surface area (Å²) >= 11 is 3.23. The van der Waals surface area contributed by atoms with Crippen LogP contribution < -0.4 is 15.0 Å². The first-order chi connectivity index (χ1) is 11.7. The highest BCUT2D eigenvalue weighted by Crippen LogP contribution is 2.27. The number of fused-ring (bicyclic) bond motifs is 1. The van der Waals surface area contributed by atoms with Gasteiger partial charge in [0.15, 0.2) is 0 Å². The molecule has 6 heteroatoms. The Morgan fingerprint density at radius 2 is 1.96 bits per heavy atom. The first-order valence-corrected chi connectivity index (χ1v) is 8.23. The number of benzene rings is 2. The van der Waals surface area contributed by atoms with Gasteiger partial charge >= 0.3 is 0 Å². The molecule has 24 heavy (non-hydrogen) atoms. The second-order valence-electron chi connectivity index (χ2n) is 4.96. The highest BCUT2D eigenvalue weighted by molar-refractivity contribution is 9.09. The lowest BCUT2D eigenvalue weighted by Crippen LogP contribution is -2.19. The Labute approximate surface area is 146 Å². The maximum absolute atomic E-state index is 12.9. The minimum absolute atomic E-state index is 0.269. The molecule has 3 rings (SSSR count). The number of rotatable bonds is 4. The van der Waals surface area contributed by atoms with Gasteiger partial charge in [0.1, 0.15) is 17.0 Å². The van der Waals surface area contributed by atoms with Crippen LogP contribution in [0.15, 0.2) is 53.5 Å². The summed E-state index contributed by atoms with van der Waals surface area (Å²) in [6, 6.07) is 14.3. The van der Waals surface area contributed by atoms with Gasteiger partial charge in [-0.3, -0.25) is 9.36 Å². The normalized spacial score (nSPS) is 10.4. The molecule has 1 aromatic heterocycles. The van der Waals surface area contributed by atoms with Crippen LogP contribution in [0.4, 0.5) is 0 Å². The molecule has 0 amide bonds. The van der Waals surface area contributed by atoms with Gasteiger partial charge in [-0.15, -0.1) is 0 Å². The van der Waals surface area contributed by atoms with Crippen molar-refractivity contribution in [2.24, 2.45) is 0 Å². The van der Waals surface area contributed by atoms with E-state index in [1.54, 1.807) is 55.8 Å². The monoisotopic (exact) mass is 384 g/mol. The third-order valence-corrected chi connectivity index (χ3v) is 3.92. The van der Waals surface area contributed by atoms with E-state index in [0.717, 1.165) is 0 Å². The first kappa shape index (κ1) is 16.1. The van der Waals surface area contributed by atoms with Gasteiger partial charge < -0.3 is 9.47 Å². The molecule has 2 aromatic carbocycles. The molecule has 0 saturated heterocycles. The highest BCUT2D eigenvalue weighted by atomic mass is 79.9. The molecule has 0 saturated carbocycles. The minimum Gasteiger partial charge on any atom is -0.497 e. The van der Waals surface area contributed by atoms with Gasteiger partial charge in [0.2, 0.25) is 0 Å². The average Bonchev–Trinajstić information content (AvgIpc) is 2.63. The van der Waals surface area contributed by atoms with E-state index in [0.29, 0.717) is 33.5 Å². The zero-order chi connectivity index (χ0) is 17.1. The summed E-state index contributed by atoms with van der Waals surface area (Å²) in [6.45, 7) is 0. The predicted octanol–water partition coefficient (Wildman–Crippen LogP) is 3.60. The number of alkyl halides is 1. The molecule has 0 fully saturated rings. The standard InChI is InChI=1S/C18H13BrN2O3/c1-23-14-7-5-13(6-8-14)21-10-16(24-11-19)15-4-2-3-12(9-20)17(15)18(21)22/h2-8,10H,11H2,1H3. The average molecular weight is 385 g/mol. The fourth-order valence-electron chi connectivity index (χ4n) is 2.56. The highest BCUT2D eigenvalue weighted by Gasteiger charge is 2.14. The SMILES string of the molecule is COc1ccc(-n2cc(OCBr)c3cccc(C#N)c3c2=O)cc1. The minimum atomic E-state index is -0.269. The molecular weight excluding hydrogens is 372 g/mol. The Bertz CT molecular complexity index is 988. The molecule has 5 nitrogen and oxygen atoms in total. The lowest BCUT2D eigenvalue weighted by molar-refractivity contribution is 0.399. The molecule has 120 valence electrons. The van der Waals surface area contributed by atoms with Crippen molar-refractivity contribution >= 4 is 26.7 Å². The third-order valence-electron chi connectivity index (χ3n) is 3.69. The van der Waals surface area contributed by atoms with Crippen LogP contribution in [0.2, 0.25) is 0 Å². The van der Waals surface area contributed by atoms with E-state index in [9.17, 15) is 10.1 Å². The van der Waals surface area contributed by atoms with Crippen molar-refractivity contribution in [3.05, 3.63) is 64.6 Å². The summed E-state index contributed by atoms with van der Waals surface area (Å²) in [5, 5.41) is 10.3. The fraction of sp³-hybridized carbons (Fsp3) is 0.111.